The highest BCUT2D eigenvalue weighted by Gasteiger charge is 2.29. The quantitative estimate of drug-likeness (QED) is 0.726. The van der Waals surface area contributed by atoms with E-state index in [1.54, 1.807) is 29.5 Å². The minimum Gasteiger partial charge on any atom is -0.356 e. The summed E-state index contributed by atoms with van der Waals surface area (Å²) in [4.78, 5) is 29.7. The van der Waals surface area contributed by atoms with E-state index in [4.69, 9.17) is 0 Å². The third-order valence-electron chi connectivity index (χ3n) is 6.51. The van der Waals surface area contributed by atoms with Crippen molar-refractivity contribution in [1.29, 1.82) is 0 Å². The topological polar surface area (TPSA) is 49.4 Å². The molecule has 2 aromatic rings. The molecule has 166 valence electrons. The smallest absolute Gasteiger partial charge is 0.263 e. The zero-order chi connectivity index (χ0) is 21.6. The van der Waals surface area contributed by atoms with Crippen LogP contribution < -0.4 is 5.32 Å². The van der Waals surface area contributed by atoms with Gasteiger partial charge in [0.25, 0.3) is 5.91 Å². The molecule has 0 saturated carbocycles. The highest BCUT2D eigenvalue weighted by molar-refractivity contribution is 7.14. The number of aryl methyl sites for hydroxylation is 2. The number of thiophene rings is 1. The molecule has 1 aromatic heterocycles. The van der Waals surface area contributed by atoms with Crippen LogP contribution in [0.25, 0.3) is 0 Å². The zero-order valence-corrected chi connectivity index (χ0v) is 18.8. The van der Waals surface area contributed by atoms with E-state index in [0.717, 1.165) is 17.7 Å². The van der Waals surface area contributed by atoms with E-state index in [-0.39, 0.29) is 23.5 Å². The van der Waals surface area contributed by atoms with Gasteiger partial charge in [-0.25, -0.2) is 4.39 Å². The van der Waals surface area contributed by atoms with Gasteiger partial charge in [0.1, 0.15) is 5.82 Å². The van der Waals surface area contributed by atoms with Crippen LogP contribution in [0.2, 0.25) is 0 Å². The van der Waals surface area contributed by atoms with Crippen molar-refractivity contribution in [2.45, 2.75) is 57.8 Å². The molecule has 1 aliphatic heterocycles. The van der Waals surface area contributed by atoms with Crippen LogP contribution in [0.5, 0.6) is 0 Å². The van der Waals surface area contributed by atoms with Gasteiger partial charge in [-0.2, -0.15) is 0 Å². The third-order valence-corrected chi connectivity index (χ3v) is 7.74. The molecule has 31 heavy (non-hydrogen) atoms. The Hall–Kier alpha value is -2.21. The number of fused-ring (bicyclic) bond motifs is 1. The number of benzene rings is 1. The van der Waals surface area contributed by atoms with Gasteiger partial charge in [-0.3, -0.25) is 9.59 Å². The molecule has 0 spiro atoms. The number of piperidine rings is 1. The first-order valence-electron chi connectivity index (χ1n) is 11.5. The normalized spacial score (nSPS) is 17.5. The minimum atomic E-state index is -0.231. The van der Waals surface area contributed by atoms with Crippen LogP contribution in [0.3, 0.4) is 0 Å². The number of nitrogens with zero attached hydrogens (tertiary/aromatic N) is 1. The lowest BCUT2D eigenvalue weighted by atomic mass is 9.95. The van der Waals surface area contributed by atoms with Crippen LogP contribution in [-0.2, 0) is 24.1 Å². The summed E-state index contributed by atoms with van der Waals surface area (Å²) in [6, 6.07) is 8.78. The fraction of sp³-hybridized carbons (Fsp3) is 0.520. The van der Waals surface area contributed by atoms with E-state index in [1.165, 1.54) is 42.2 Å². The Balaban J connectivity index is 1.25. The zero-order valence-electron chi connectivity index (χ0n) is 18.0. The summed E-state index contributed by atoms with van der Waals surface area (Å²) in [5.74, 6) is -0.170. The molecule has 6 heteroatoms. The Morgan fingerprint density at radius 1 is 1.06 bits per heavy atom. The first kappa shape index (κ1) is 22.0. The van der Waals surface area contributed by atoms with Gasteiger partial charge in [-0.1, -0.05) is 31.0 Å². The second kappa shape index (κ2) is 10.4. The van der Waals surface area contributed by atoms with Gasteiger partial charge in [-0.15, -0.1) is 11.3 Å². The van der Waals surface area contributed by atoms with Crippen LogP contribution in [0.1, 0.15) is 64.2 Å². The van der Waals surface area contributed by atoms with Crippen molar-refractivity contribution in [3.8, 4) is 0 Å². The second-order valence-electron chi connectivity index (χ2n) is 8.67. The molecule has 4 nitrogen and oxygen atoms in total. The Kier molecular flexibility index (Phi) is 7.38. The molecule has 2 aliphatic rings. The summed E-state index contributed by atoms with van der Waals surface area (Å²) in [5, 5.41) is 2.94. The average molecular weight is 443 g/mol. The maximum Gasteiger partial charge on any atom is 0.263 e. The fourth-order valence-electron chi connectivity index (χ4n) is 4.62. The van der Waals surface area contributed by atoms with Gasteiger partial charge >= 0.3 is 0 Å². The molecular formula is C25H31FN2O2S. The van der Waals surface area contributed by atoms with E-state index < -0.39 is 0 Å². The first-order valence-corrected chi connectivity index (χ1v) is 12.4. The number of amides is 2. The van der Waals surface area contributed by atoms with Crippen molar-refractivity contribution >= 4 is 23.2 Å². The van der Waals surface area contributed by atoms with Crippen LogP contribution in [-0.4, -0.2) is 36.3 Å². The van der Waals surface area contributed by atoms with E-state index in [0.29, 0.717) is 44.5 Å². The molecule has 0 radical (unpaired) electrons. The first-order chi connectivity index (χ1) is 15.1. The van der Waals surface area contributed by atoms with Gasteiger partial charge < -0.3 is 10.2 Å². The highest BCUT2D eigenvalue weighted by atomic mass is 32.1. The predicted molar refractivity (Wildman–Crippen MR) is 122 cm³/mol. The van der Waals surface area contributed by atoms with Gasteiger partial charge in [-0.05, 0) is 68.2 Å². The van der Waals surface area contributed by atoms with Crippen LogP contribution in [0.4, 0.5) is 4.39 Å². The van der Waals surface area contributed by atoms with E-state index >= 15 is 0 Å². The standard InChI is InChI=1S/C25H31FN2O2S/c26-21-9-6-5-7-18(21)11-14-27-24(29)19-12-15-28(16-13-19)25(30)23-17-20-8-3-1-2-4-10-22(20)31-23/h5-7,9,17,19H,1-4,8,10-16H2,(H,27,29). The average Bonchev–Trinajstić information content (AvgIpc) is 3.16. The molecule has 0 unspecified atom stereocenters. The lowest BCUT2D eigenvalue weighted by Crippen LogP contribution is -2.43. The summed E-state index contributed by atoms with van der Waals surface area (Å²) in [7, 11) is 0. The molecule has 1 aliphatic carbocycles. The van der Waals surface area contributed by atoms with Gasteiger partial charge in [0.15, 0.2) is 0 Å². The number of carbonyl (C=O) groups excluding carboxylic acids is 2. The van der Waals surface area contributed by atoms with Gasteiger partial charge in [0, 0.05) is 30.4 Å². The molecule has 0 bridgehead atoms. The van der Waals surface area contributed by atoms with E-state index in [2.05, 4.69) is 11.4 Å². The van der Waals surface area contributed by atoms with Crippen molar-refractivity contribution in [2.24, 2.45) is 5.92 Å². The molecule has 1 saturated heterocycles. The minimum absolute atomic E-state index is 0.0162. The predicted octanol–water partition coefficient (Wildman–Crippen LogP) is 4.76. The molecular weight excluding hydrogens is 411 g/mol. The Morgan fingerprint density at radius 3 is 2.58 bits per heavy atom. The Labute approximate surface area is 187 Å². The Bertz CT molecular complexity index is 892. The molecule has 2 heterocycles. The largest absolute Gasteiger partial charge is 0.356 e. The van der Waals surface area contributed by atoms with E-state index in [9.17, 15) is 14.0 Å². The monoisotopic (exact) mass is 442 g/mol. The lowest BCUT2D eigenvalue weighted by molar-refractivity contribution is -0.126. The van der Waals surface area contributed by atoms with Crippen LogP contribution in [0.15, 0.2) is 30.3 Å². The molecule has 2 amide bonds. The summed E-state index contributed by atoms with van der Waals surface area (Å²) in [5.41, 5.74) is 1.99. The van der Waals surface area contributed by atoms with Crippen LogP contribution in [0, 0.1) is 11.7 Å². The van der Waals surface area contributed by atoms with Crippen molar-refractivity contribution in [2.75, 3.05) is 19.6 Å². The summed E-state index contributed by atoms with van der Waals surface area (Å²) < 4.78 is 13.7. The highest BCUT2D eigenvalue weighted by Crippen LogP contribution is 2.30. The summed E-state index contributed by atoms with van der Waals surface area (Å²) in [6.45, 7) is 1.67. The second-order valence-corrected chi connectivity index (χ2v) is 9.81. The number of nitrogens with one attached hydrogen (secondary N) is 1. The maximum absolute atomic E-state index is 13.7. The van der Waals surface area contributed by atoms with Crippen LogP contribution >= 0.6 is 11.3 Å². The fourth-order valence-corrected chi connectivity index (χ4v) is 5.84. The number of likely N-dealkylation sites (tertiary alicyclic amines) is 1. The van der Waals surface area contributed by atoms with Crippen molar-refractivity contribution in [1.82, 2.24) is 10.2 Å². The number of carbonyl (C=O) groups is 2. The SMILES string of the molecule is O=C(NCCc1ccccc1F)C1CCN(C(=O)c2cc3c(s2)CCCCCC3)CC1. The number of hydrogen-bond donors (Lipinski definition) is 1. The number of halogens is 1. The number of rotatable bonds is 5. The lowest BCUT2D eigenvalue weighted by Gasteiger charge is -2.31. The maximum atomic E-state index is 13.7. The molecule has 1 aromatic carbocycles. The molecule has 4 rings (SSSR count). The van der Waals surface area contributed by atoms with E-state index in [1.807, 2.05) is 4.90 Å². The Morgan fingerprint density at radius 2 is 1.81 bits per heavy atom. The van der Waals surface area contributed by atoms with Crippen molar-refractivity contribution in [3.63, 3.8) is 0 Å². The molecule has 0 atom stereocenters. The third kappa shape index (κ3) is 5.53. The van der Waals surface area contributed by atoms with Gasteiger partial charge in [0.2, 0.25) is 5.91 Å². The van der Waals surface area contributed by atoms with Crippen molar-refractivity contribution < 1.29 is 14.0 Å². The number of hydrogen-bond acceptors (Lipinski definition) is 3. The van der Waals surface area contributed by atoms with Crippen molar-refractivity contribution in [3.05, 3.63) is 57.0 Å². The molecule has 1 fully saturated rings. The summed E-state index contributed by atoms with van der Waals surface area (Å²) in [6.07, 6.45) is 9.05. The molecule has 1 N–H and O–H groups in total. The summed E-state index contributed by atoms with van der Waals surface area (Å²) >= 11 is 1.68. The van der Waals surface area contributed by atoms with Gasteiger partial charge in [0.05, 0.1) is 4.88 Å².